The van der Waals surface area contributed by atoms with Crippen LogP contribution in [0.1, 0.15) is 32.6 Å². The molecular weight excluding hydrogens is 208 g/mol. The third-order valence-corrected chi connectivity index (χ3v) is 3.78. The summed E-state index contributed by atoms with van der Waals surface area (Å²) >= 11 is 1.76. The van der Waals surface area contributed by atoms with Crippen molar-refractivity contribution in [3.63, 3.8) is 0 Å². The van der Waals surface area contributed by atoms with E-state index >= 15 is 0 Å². The van der Waals surface area contributed by atoms with E-state index in [4.69, 9.17) is 5.73 Å². The predicted octanol–water partition coefficient (Wildman–Crippen LogP) is 1.37. The summed E-state index contributed by atoms with van der Waals surface area (Å²) in [6, 6.07) is 0.598. The average Bonchev–Trinajstić information content (AvgIpc) is 2.18. The van der Waals surface area contributed by atoms with Gasteiger partial charge in [0.1, 0.15) is 0 Å². The van der Waals surface area contributed by atoms with Gasteiger partial charge in [0.2, 0.25) is 5.91 Å². The largest absolute Gasteiger partial charge is 0.353 e. The van der Waals surface area contributed by atoms with Gasteiger partial charge in [0.15, 0.2) is 0 Å². The Labute approximate surface area is 96.6 Å². The lowest BCUT2D eigenvalue weighted by Gasteiger charge is -2.26. The Balaban J connectivity index is 2.27. The van der Waals surface area contributed by atoms with Crippen LogP contribution in [0.3, 0.4) is 0 Å². The molecule has 88 valence electrons. The molecule has 4 heteroatoms. The quantitative estimate of drug-likeness (QED) is 0.767. The van der Waals surface area contributed by atoms with E-state index in [1.807, 2.05) is 0 Å². The van der Waals surface area contributed by atoms with E-state index in [-0.39, 0.29) is 17.9 Å². The highest BCUT2D eigenvalue weighted by Crippen LogP contribution is 2.23. The monoisotopic (exact) mass is 230 g/mol. The molecule has 0 aromatic rings. The normalized spacial score (nSPS) is 28.5. The molecule has 0 spiro atoms. The van der Waals surface area contributed by atoms with E-state index in [0.29, 0.717) is 6.04 Å². The third kappa shape index (κ3) is 4.43. The van der Waals surface area contributed by atoms with E-state index in [1.165, 1.54) is 0 Å². The van der Waals surface area contributed by atoms with Crippen molar-refractivity contribution < 1.29 is 4.79 Å². The van der Waals surface area contributed by atoms with Gasteiger partial charge >= 0.3 is 0 Å². The van der Waals surface area contributed by atoms with E-state index in [9.17, 15) is 4.79 Å². The molecule has 1 unspecified atom stereocenters. The van der Waals surface area contributed by atoms with Gasteiger partial charge in [0, 0.05) is 23.8 Å². The van der Waals surface area contributed by atoms with E-state index < -0.39 is 0 Å². The van der Waals surface area contributed by atoms with Gasteiger partial charge in [0.25, 0.3) is 0 Å². The molecule has 1 amide bonds. The highest BCUT2D eigenvalue weighted by molar-refractivity contribution is 7.98. The maximum atomic E-state index is 11.8. The molecule has 1 saturated carbocycles. The van der Waals surface area contributed by atoms with Crippen LogP contribution < -0.4 is 11.1 Å². The number of nitrogens with two attached hydrogens (primary N) is 1. The maximum absolute atomic E-state index is 11.8. The van der Waals surface area contributed by atoms with Gasteiger partial charge in [-0.3, -0.25) is 4.79 Å². The van der Waals surface area contributed by atoms with Crippen molar-refractivity contribution in [1.82, 2.24) is 5.32 Å². The van der Waals surface area contributed by atoms with Crippen LogP contribution in [0.25, 0.3) is 0 Å². The second-order valence-electron chi connectivity index (χ2n) is 4.48. The summed E-state index contributed by atoms with van der Waals surface area (Å²) in [5.41, 5.74) is 5.81. The summed E-state index contributed by atoms with van der Waals surface area (Å²) < 4.78 is 0. The van der Waals surface area contributed by atoms with E-state index in [0.717, 1.165) is 31.4 Å². The Morgan fingerprint density at radius 2 is 2.07 bits per heavy atom. The zero-order valence-electron chi connectivity index (χ0n) is 9.66. The van der Waals surface area contributed by atoms with Crippen molar-refractivity contribution >= 4 is 17.7 Å². The highest BCUT2D eigenvalue weighted by Gasteiger charge is 2.24. The zero-order chi connectivity index (χ0) is 11.3. The average molecular weight is 230 g/mol. The number of amides is 1. The number of hydrogen-bond donors (Lipinski definition) is 2. The predicted molar refractivity (Wildman–Crippen MR) is 65.9 cm³/mol. The van der Waals surface area contributed by atoms with Crippen molar-refractivity contribution in [3.05, 3.63) is 0 Å². The summed E-state index contributed by atoms with van der Waals surface area (Å²) in [4.78, 5) is 11.8. The lowest BCUT2D eigenvalue weighted by atomic mass is 9.86. The number of carbonyl (C=O) groups is 1. The van der Waals surface area contributed by atoms with Crippen LogP contribution in [0, 0.1) is 5.92 Å². The van der Waals surface area contributed by atoms with Crippen molar-refractivity contribution in [2.24, 2.45) is 11.7 Å². The summed E-state index contributed by atoms with van der Waals surface area (Å²) in [5, 5.41) is 3.06. The lowest BCUT2D eigenvalue weighted by molar-refractivity contribution is -0.126. The van der Waals surface area contributed by atoms with Crippen LogP contribution in [0.2, 0.25) is 0 Å². The second kappa shape index (κ2) is 6.38. The summed E-state index contributed by atoms with van der Waals surface area (Å²) in [6.45, 7) is 2.06. The molecule has 1 atom stereocenters. The molecule has 1 rings (SSSR count). The van der Waals surface area contributed by atoms with Crippen LogP contribution >= 0.6 is 11.8 Å². The van der Waals surface area contributed by atoms with Crippen molar-refractivity contribution in [2.75, 3.05) is 12.0 Å². The van der Waals surface area contributed by atoms with E-state index in [1.54, 1.807) is 11.8 Å². The van der Waals surface area contributed by atoms with E-state index in [2.05, 4.69) is 18.5 Å². The molecule has 3 nitrogen and oxygen atoms in total. The van der Waals surface area contributed by atoms with Gasteiger partial charge in [-0.05, 0) is 38.9 Å². The lowest BCUT2D eigenvalue weighted by Crippen LogP contribution is -2.41. The first-order chi connectivity index (χ1) is 7.13. The molecule has 0 heterocycles. The number of thioether (sulfide) groups is 1. The first-order valence-electron chi connectivity index (χ1n) is 5.68. The number of rotatable bonds is 4. The fourth-order valence-corrected chi connectivity index (χ4v) is 2.62. The second-order valence-corrected chi connectivity index (χ2v) is 5.39. The molecule has 0 aliphatic heterocycles. The Morgan fingerprint density at radius 1 is 1.47 bits per heavy atom. The van der Waals surface area contributed by atoms with Gasteiger partial charge in [0.05, 0.1) is 0 Å². The minimum atomic E-state index is 0.203. The van der Waals surface area contributed by atoms with Crippen molar-refractivity contribution in [3.8, 4) is 0 Å². The minimum absolute atomic E-state index is 0.203. The first-order valence-corrected chi connectivity index (χ1v) is 7.07. The maximum Gasteiger partial charge on any atom is 0.223 e. The molecular formula is C11H22N2OS. The number of hydrogen-bond acceptors (Lipinski definition) is 3. The Bertz CT molecular complexity index is 203. The van der Waals surface area contributed by atoms with Crippen molar-refractivity contribution in [1.29, 1.82) is 0 Å². The minimum Gasteiger partial charge on any atom is -0.353 e. The molecule has 0 radical (unpaired) electrons. The van der Waals surface area contributed by atoms with Gasteiger partial charge in [-0.25, -0.2) is 0 Å². The Kier molecular flexibility index (Phi) is 5.47. The van der Waals surface area contributed by atoms with Gasteiger partial charge in [-0.15, -0.1) is 0 Å². The Morgan fingerprint density at radius 3 is 2.60 bits per heavy atom. The molecule has 0 bridgehead atoms. The molecule has 0 aromatic heterocycles. The molecule has 1 aliphatic carbocycles. The third-order valence-electron chi connectivity index (χ3n) is 2.95. The summed E-state index contributed by atoms with van der Waals surface area (Å²) in [7, 11) is 0. The summed E-state index contributed by atoms with van der Waals surface area (Å²) in [5.74, 6) is 1.41. The van der Waals surface area contributed by atoms with Crippen LogP contribution in [-0.2, 0) is 4.79 Å². The molecule has 1 fully saturated rings. The van der Waals surface area contributed by atoms with Gasteiger partial charge in [-0.1, -0.05) is 0 Å². The molecule has 0 aromatic carbocycles. The molecule has 3 N–H and O–H groups in total. The molecule has 15 heavy (non-hydrogen) atoms. The molecule has 0 saturated heterocycles. The number of nitrogens with one attached hydrogen (secondary N) is 1. The Hall–Kier alpha value is -0.220. The van der Waals surface area contributed by atoms with Gasteiger partial charge < -0.3 is 11.1 Å². The standard InChI is InChI=1S/C11H22N2OS/c1-8(7-15-2)13-11(14)9-3-5-10(12)6-4-9/h8-10H,3-7,12H2,1-2H3,(H,13,14). The first kappa shape index (κ1) is 12.8. The molecule has 1 aliphatic rings. The summed E-state index contributed by atoms with van der Waals surface area (Å²) in [6.07, 6.45) is 5.96. The van der Waals surface area contributed by atoms with Crippen LogP contribution in [0.4, 0.5) is 0 Å². The van der Waals surface area contributed by atoms with Gasteiger partial charge in [-0.2, -0.15) is 11.8 Å². The van der Waals surface area contributed by atoms with Crippen LogP contribution in [0.5, 0.6) is 0 Å². The topological polar surface area (TPSA) is 55.1 Å². The van der Waals surface area contributed by atoms with Crippen LogP contribution in [0.15, 0.2) is 0 Å². The van der Waals surface area contributed by atoms with Crippen LogP contribution in [-0.4, -0.2) is 30.0 Å². The SMILES string of the molecule is CSCC(C)NC(=O)C1CCC(N)CC1. The smallest absolute Gasteiger partial charge is 0.223 e. The fourth-order valence-electron chi connectivity index (χ4n) is 2.03. The number of carbonyl (C=O) groups excluding carboxylic acids is 1. The zero-order valence-corrected chi connectivity index (χ0v) is 10.5. The highest BCUT2D eigenvalue weighted by atomic mass is 32.2. The van der Waals surface area contributed by atoms with Crippen molar-refractivity contribution in [2.45, 2.75) is 44.7 Å². The fraction of sp³-hybridized carbons (Fsp3) is 0.909.